The molecule has 2 unspecified atom stereocenters. The average Bonchev–Trinajstić information content (AvgIpc) is 2.63. The van der Waals surface area contributed by atoms with Gasteiger partial charge < -0.3 is 5.32 Å². The first-order valence-corrected chi connectivity index (χ1v) is 8.22. The van der Waals surface area contributed by atoms with Gasteiger partial charge >= 0.3 is 0 Å². The highest BCUT2D eigenvalue weighted by molar-refractivity contribution is 7.98. The Morgan fingerprint density at radius 1 is 1.19 bits per heavy atom. The van der Waals surface area contributed by atoms with Gasteiger partial charge in [0, 0.05) is 30.4 Å². The third-order valence-electron chi connectivity index (χ3n) is 4.06. The van der Waals surface area contributed by atoms with Gasteiger partial charge in [-0.3, -0.25) is 4.90 Å². The van der Waals surface area contributed by atoms with Gasteiger partial charge in [-0.1, -0.05) is 6.92 Å². The van der Waals surface area contributed by atoms with Gasteiger partial charge in [-0.05, 0) is 44.9 Å². The lowest BCUT2D eigenvalue weighted by atomic mass is 9.98. The number of fused-ring (bicyclic) bond motifs is 2. The topological polar surface area (TPSA) is 15.3 Å². The van der Waals surface area contributed by atoms with Crippen molar-refractivity contribution in [2.24, 2.45) is 0 Å². The maximum Gasteiger partial charge on any atom is 0.0125 e. The van der Waals surface area contributed by atoms with Crippen LogP contribution in [-0.2, 0) is 0 Å². The molecular weight excluding hydrogens is 216 g/mol. The summed E-state index contributed by atoms with van der Waals surface area (Å²) in [6, 6.07) is 2.53. The lowest BCUT2D eigenvalue weighted by Gasteiger charge is -2.37. The fraction of sp³-hybridized carbons (Fsp3) is 1.00. The maximum absolute atomic E-state index is 3.74. The number of nitrogens with one attached hydrogen (secondary N) is 1. The molecule has 0 aromatic carbocycles. The van der Waals surface area contributed by atoms with E-state index in [1.807, 2.05) is 11.8 Å². The summed E-state index contributed by atoms with van der Waals surface area (Å²) >= 11 is 1.98. The second-order valence-corrected chi connectivity index (χ2v) is 6.28. The number of piperidine rings is 1. The van der Waals surface area contributed by atoms with Crippen molar-refractivity contribution in [3.05, 3.63) is 0 Å². The van der Waals surface area contributed by atoms with E-state index in [1.54, 1.807) is 0 Å². The summed E-state index contributed by atoms with van der Waals surface area (Å²) in [5, 5.41) is 3.74. The van der Waals surface area contributed by atoms with E-state index in [1.165, 1.54) is 50.9 Å². The third kappa shape index (κ3) is 3.14. The molecule has 2 atom stereocenters. The van der Waals surface area contributed by atoms with E-state index in [4.69, 9.17) is 0 Å². The number of thioether (sulfide) groups is 1. The molecular formula is C13H26N2S. The van der Waals surface area contributed by atoms with Crippen LogP contribution in [0.5, 0.6) is 0 Å². The van der Waals surface area contributed by atoms with Gasteiger partial charge in [0.05, 0.1) is 0 Å². The van der Waals surface area contributed by atoms with Crippen molar-refractivity contribution in [1.29, 1.82) is 0 Å². The summed E-state index contributed by atoms with van der Waals surface area (Å²) in [6.07, 6.45) is 9.15. The zero-order valence-corrected chi connectivity index (χ0v) is 11.6. The lowest BCUT2D eigenvalue weighted by Crippen LogP contribution is -2.49. The monoisotopic (exact) mass is 242 g/mol. The van der Waals surface area contributed by atoms with Crippen LogP contribution in [0.15, 0.2) is 0 Å². The molecule has 3 heteroatoms. The molecule has 2 aliphatic rings. The van der Waals surface area contributed by atoms with E-state index in [9.17, 15) is 0 Å². The number of rotatable bonds is 6. The average molecular weight is 242 g/mol. The molecule has 16 heavy (non-hydrogen) atoms. The van der Waals surface area contributed by atoms with Crippen LogP contribution in [0.4, 0.5) is 0 Å². The van der Waals surface area contributed by atoms with Crippen molar-refractivity contribution in [2.75, 3.05) is 25.1 Å². The minimum Gasteiger partial charge on any atom is -0.311 e. The maximum atomic E-state index is 3.74. The van der Waals surface area contributed by atoms with Crippen LogP contribution >= 0.6 is 11.8 Å². The summed E-state index contributed by atoms with van der Waals surface area (Å²) in [6.45, 7) is 4.89. The van der Waals surface area contributed by atoms with E-state index in [2.05, 4.69) is 23.4 Å². The van der Waals surface area contributed by atoms with E-state index >= 15 is 0 Å². The van der Waals surface area contributed by atoms with Crippen molar-refractivity contribution in [2.45, 2.75) is 57.2 Å². The number of hydrogen-bond acceptors (Lipinski definition) is 3. The minimum atomic E-state index is 0.831. The zero-order chi connectivity index (χ0) is 11.4. The Labute approximate surface area is 105 Å². The molecule has 0 aromatic rings. The van der Waals surface area contributed by atoms with E-state index in [-0.39, 0.29) is 0 Å². The number of hydrogen-bond donors (Lipinski definition) is 1. The summed E-state index contributed by atoms with van der Waals surface area (Å²) in [4.78, 5) is 2.75. The fourth-order valence-corrected chi connectivity index (χ4v) is 3.72. The second kappa shape index (κ2) is 6.27. The first-order valence-electron chi connectivity index (χ1n) is 6.82. The summed E-state index contributed by atoms with van der Waals surface area (Å²) in [7, 11) is 0. The minimum absolute atomic E-state index is 0.831. The van der Waals surface area contributed by atoms with Gasteiger partial charge in [0.2, 0.25) is 0 Å². The highest BCUT2D eigenvalue weighted by atomic mass is 32.2. The SMILES string of the molecule is CCCN(CCSC)C1CC2CCC(C1)N2. The first-order chi connectivity index (χ1) is 7.83. The molecule has 2 bridgehead atoms. The summed E-state index contributed by atoms with van der Waals surface area (Å²) in [5.74, 6) is 1.29. The summed E-state index contributed by atoms with van der Waals surface area (Å²) in [5.41, 5.74) is 0. The van der Waals surface area contributed by atoms with Crippen LogP contribution in [0.2, 0.25) is 0 Å². The van der Waals surface area contributed by atoms with Crippen molar-refractivity contribution in [1.82, 2.24) is 10.2 Å². The van der Waals surface area contributed by atoms with Crippen molar-refractivity contribution >= 4 is 11.8 Å². The largest absolute Gasteiger partial charge is 0.311 e. The van der Waals surface area contributed by atoms with Crippen LogP contribution < -0.4 is 5.32 Å². The van der Waals surface area contributed by atoms with Crippen molar-refractivity contribution < 1.29 is 0 Å². The molecule has 0 aliphatic carbocycles. The van der Waals surface area contributed by atoms with Crippen LogP contribution in [-0.4, -0.2) is 48.1 Å². The molecule has 0 saturated carbocycles. The van der Waals surface area contributed by atoms with E-state index in [0.29, 0.717) is 0 Å². The Morgan fingerprint density at radius 3 is 2.44 bits per heavy atom. The molecule has 2 heterocycles. The molecule has 0 spiro atoms. The quantitative estimate of drug-likeness (QED) is 0.770. The standard InChI is InChI=1S/C13H26N2S/c1-3-6-15(7-8-16-2)13-9-11-4-5-12(10-13)14-11/h11-14H,3-10H2,1-2H3. The Bertz CT molecular complexity index is 198. The van der Waals surface area contributed by atoms with Crippen molar-refractivity contribution in [3.8, 4) is 0 Å². The molecule has 2 fully saturated rings. The molecule has 2 saturated heterocycles. The first kappa shape index (κ1) is 12.7. The Morgan fingerprint density at radius 2 is 1.88 bits per heavy atom. The lowest BCUT2D eigenvalue weighted by molar-refractivity contribution is 0.149. The van der Waals surface area contributed by atoms with Crippen LogP contribution in [0.25, 0.3) is 0 Å². The molecule has 2 aliphatic heterocycles. The molecule has 2 rings (SSSR count). The molecule has 0 aromatic heterocycles. The van der Waals surface area contributed by atoms with Crippen LogP contribution in [0.3, 0.4) is 0 Å². The molecule has 2 nitrogen and oxygen atoms in total. The van der Waals surface area contributed by atoms with Gasteiger partial charge in [-0.15, -0.1) is 0 Å². The molecule has 0 radical (unpaired) electrons. The summed E-state index contributed by atoms with van der Waals surface area (Å²) < 4.78 is 0. The van der Waals surface area contributed by atoms with Gasteiger partial charge in [0.25, 0.3) is 0 Å². The van der Waals surface area contributed by atoms with Crippen LogP contribution in [0.1, 0.15) is 39.0 Å². The second-order valence-electron chi connectivity index (χ2n) is 5.29. The highest BCUT2D eigenvalue weighted by Gasteiger charge is 2.35. The smallest absolute Gasteiger partial charge is 0.0125 e. The van der Waals surface area contributed by atoms with Gasteiger partial charge in [-0.2, -0.15) is 11.8 Å². The van der Waals surface area contributed by atoms with Gasteiger partial charge in [-0.25, -0.2) is 0 Å². The Balaban J connectivity index is 1.86. The third-order valence-corrected chi connectivity index (χ3v) is 4.65. The molecule has 0 amide bonds. The van der Waals surface area contributed by atoms with Crippen LogP contribution in [0, 0.1) is 0 Å². The highest BCUT2D eigenvalue weighted by Crippen LogP contribution is 2.29. The van der Waals surface area contributed by atoms with Crippen molar-refractivity contribution in [3.63, 3.8) is 0 Å². The predicted molar refractivity (Wildman–Crippen MR) is 73.2 cm³/mol. The normalized spacial score (nSPS) is 33.6. The Kier molecular flexibility index (Phi) is 4.98. The fourth-order valence-electron chi connectivity index (χ4n) is 3.30. The van der Waals surface area contributed by atoms with Gasteiger partial charge in [0.1, 0.15) is 0 Å². The number of nitrogens with zero attached hydrogens (tertiary/aromatic N) is 1. The van der Waals surface area contributed by atoms with Gasteiger partial charge in [0.15, 0.2) is 0 Å². The molecule has 94 valence electrons. The predicted octanol–water partition coefficient (Wildman–Crippen LogP) is 2.34. The zero-order valence-electron chi connectivity index (χ0n) is 10.7. The molecule has 1 N–H and O–H groups in total. The van der Waals surface area contributed by atoms with E-state index in [0.717, 1.165) is 18.1 Å². The van der Waals surface area contributed by atoms with E-state index < -0.39 is 0 Å². The Hall–Kier alpha value is 0.270.